The number of carbonyl (C=O) groups excluding carboxylic acids is 2. The molecular formula is C22H16O3. The average Bonchev–Trinajstić information content (AvgIpc) is 2.91. The molecule has 4 rings (SSSR count). The van der Waals surface area contributed by atoms with Gasteiger partial charge in [0.15, 0.2) is 5.78 Å². The van der Waals surface area contributed by atoms with Gasteiger partial charge in [-0.3, -0.25) is 4.79 Å². The van der Waals surface area contributed by atoms with Crippen LogP contribution in [0.25, 0.3) is 11.1 Å². The standard InChI is InChI=1S/C22H16O3/c1-13-10-11-19(14(2)12-13)25-22(24)18-9-5-8-17-20(18)15-6-3-4-7-16(15)21(17)23/h3-12H,1-2H3. The lowest BCUT2D eigenvalue weighted by Gasteiger charge is -2.11. The molecule has 0 bridgehead atoms. The van der Waals surface area contributed by atoms with Crippen LogP contribution in [0.15, 0.2) is 60.7 Å². The Kier molecular flexibility index (Phi) is 3.50. The minimum Gasteiger partial charge on any atom is -0.423 e. The number of ether oxygens (including phenoxy) is 1. The van der Waals surface area contributed by atoms with Crippen molar-refractivity contribution in [2.24, 2.45) is 0 Å². The molecule has 1 aliphatic carbocycles. The minimum atomic E-state index is -0.451. The van der Waals surface area contributed by atoms with Crippen molar-refractivity contribution in [3.05, 3.63) is 88.5 Å². The number of esters is 1. The van der Waals surface area contributed by atoms with Crippen LogP contribution in [0.4, 0.5) is 0 Å². The molecule has 0 saturated heterocycles. The van der Waals surface area contributed by atoms with Crippen molar-refractivity contribution in [3.63, 3.8) is 0 Å². The molecule has 0 spiro atoms. The lowest BCUT2D eigenvalue weighted by atomic mass is 9.99. The van der Waals surface area contributed by atoms with E-state index < -0.39 is 5.97 Å². The molecule has 1 aliphatic rings. The van der Waals surface area contributed by atoms with Crippen LogP contribution in [0.2, 0.25) is 0 Å². The summed E-state index contributed by atoms with van der Waals surface area (Å²) < 4.78 is 5.61. The molecule has 0 N–H and O–H groups in total. The normalized spacial score (nSPS) is 11.8. The van der Waals surface area contributed by atoms with Crippen molar-refractivity contribution >= 4 is 11.8 Å². The molecule has 0 aromatic heterocycles. The summed E-state index contributed by atoms with van der Waals surface area (Å²) in [4.78, 5) is 25.4. The third-order valence-corrected chi connectivity index (χ3v) is 4.50. The molecule has 3 heteroatoms. The van der Waals surface area contributed by atoms with E-state index in [1.54, 1.807) is 30.3 Å². The molecule has 122 valence electrons. The van der Waals surface area contributed by atoms with Crippen LogP contribution in [-0.2, 0) is 0 Å². The summed E-state index contributed by atoms with van der Waals surface area (Å²) in [7, 11) is 0. The van der Waals surface area contributed by atoms with Gasteiger partial charge in [-0.05, 0) is 37.1 Å². The maximum Gasteiger partial charge on any atom is 0.344 e. The van der Waals surface area contributed by atoms with Gasteiger partial charge in [0.05, 0.1) is 5.56 Å². The Morgan fingerprint density at radius 2 is 1.56 bits per heavy atom. The monoisotopic (exact) mass is 328 g/mol. The second-order valence-electron chi connectivity index (χ2n) is 6.26. The zero-order chi connectivity index (χ0) is 17.6. The first-order valence-electron chi connectivity index (χ1n) is 8.13. The van der Waals surface area contributed by atoms with E-state index in [9.17, 15) is 9.59 Å². The summed E-state index contributed by atoms with van der Waals surface area (Å²) in [6.07, 6.45) is 0. The van der Waals surface area contributed by atoms with Gasteiger partial charge in [0.1, 0.15) is 5.75 Å². The number of hydrogen-bond donors (Lipinski definition) is 0. The molecule has 0 fully saturated rings. The van der Waals surface area contributed by atoms with Gasteiger partial charge >= 0.3 is 5.97 Å². The number of hydrogen-bond acceptors (Lipinski definition) is 3. The first-order valence-corrected chi connectivity index (χ1v) is 8.13. The quantitative estimate of drug-likeness (QED) is 0.394. The molecule has 25 heavy (non-hydrogen) atoms. The van der Waals surface area contributed by atoms with Crippen molar-refractivity contribution in [1.82, 2.24) is 0 Å². The molecule has 0 radical (unpaired) electrons. The average molecular weight is 328 g/mol. The Bertz CT molecular complexity index is 1030. The Morgan fingerprint density at radius 3 is 2.32 bits per heavy atom. The van der Waals surface area contributed by atoms with Gasteiger partial charge in [-0.2, -0.15) is 0 Å². The molecule has 0 heterocycles. The Balaban J connectivity index is 1.79. The number of fused-ring (bicyclic) bond motifs is 3. The minimum absolute atomic E-state index is 0.0493. The van der Waals surface area contributed by atoms with Crippen molar-refractivity contribution in [1.29, 1.82) is 0 Å². The second kappa shape index (κ2) is 5.71. The van der Waals surface area contributed by atoms with Crippen LogP contribution in [0, 0.1) is 13.8 Å². The summed E-state index contributed by atoms with van der Waals surface area (Å²) in [6.45, 7) is 3.90. The zero-order valence-corrected chi connectivity index (χ0v) is 14.0. The van der Waals surface area contributed by atoms with Gasteiger partial charge in [-0.25, -0.2) is 4.79 Å². The third kappa shape index (κ3) is 2.45. The smallest absolute Gasteiger partial charge is 0.344 e. The highest BCUT2D eigenvalue weighted by atomic mass is 16.5. The van der Waals surface area contributed by atoms with E-state index in [0.717, 1.165) is 16.7 Å². The fraction of sp³-hybridized carbons (Fsp3) is 0.0909. The SMILES string of the molecule is Cc1ccc(OC(=O)c2cccc3c2-c2ccccc2C3=O)c(C)c1. The van der Waals surface area contributed by atoms with Gasteiger partial charge in [0.2, 0.25) is 0 Å². The van der Waals surface area contributed by atoms with Crippen molar-refractivity contribution in [2.45, 2.75) is 13.8 Å². The van der Waals surface area contributed by atoms with Crippen LogP contribution in [0.1, 0.15) is 37.4 Å². The fourth-order valence-corrected chi connectivity index (χ4v) is 3.31. The van der Waals surface area contributed by atoms with E-state index in [2.05, 4.69) is 0 Å². The number of carbonyl (C=O) groups is 2. The molecule has 0 aliphatic heterocycles. The van der Waals surface area contributed by atoms with E-state index in [4.69, 9.17) is 4.74 Å². The number of rotatable bonds is 2. The van der Waals surface area contributed by atoms with E-state index in [1.165, 1.54) is 0 Å². The second-order valence-corrected chi connectivity index (χ2v) is 6.26. The van der Waals surface area contributed by atoms with Gasteiger partial charge in [-0.1, -0.05) is 54.1 Å². The van der Waals surface area contributed by atoms with Crippen LogP contribution in [-0.4, -0.2) is 11.8 Å². The summed E-state index contributed by atoms with van der Waals surface area (Å²) in [5.41, 5.74) is 5.06. The molecule has 3 aromatic carbocycles. The molecule has 0 unspecified atom stereocenters. The summed E-state index contributed by atoms with van der Waals surface area (Å²) in [5.74, 6) is 0.0332. The third-order valence-electron chi connectivity index (χ3n) is 4.50. The van der Waals surface area contributed by atoms with Gasteiger partial charge < -0.3 is 4.74 Å². The van der Waals surface area contributed by atoms with Gasteiger partial charge in [0, 0.05) is 16.7 Å². The Morgan fingerprint density at radius 1 is 0.840 bits per heavy atom. The maximum absolute atomic E-state index is 12.8. The summed E-state index contributed by atoms with van der Waals surface area (Å²) >= 11 is 0. The predicted octanol–water partition coefficient (Wildman–Crippen LogP) is 4.73. The van der Waals surface area contributed by atoms with E-state index >= 15 is 0 Å². The molecular weight excluding hydrogens is 312 g/mol. The Labute approximate surface area is 145 Å². The molecule has 3 aromatic rings. The molecule has 0 saturated carbocycles. The molecule has 0 amide bonds. The largest absolute Gasteiger partial charge is 0.423 e. The van der Waals surface area contributed by atoms with Crippen molar-refractivity contribution < 1.29 is 14.3 Å². The van der Waals surface area contributed by atoms with Crippen LogP contribution in [0.3, 0.4) is 0 Å². The first-order chi connectivity index (χ1) is 12.1. The lowest BCUT2D eigenvalue weighted by Crippen LogP contribution is -2.11. The van der Waals surface area contributed by atoms with E-state index in [-0.39, 0.29) is 5.78 Å². The highest BCUT2D eigenvalue weighted by Gasteiger charge is 2.30. The summed E-state index contributed by atoms with van der Waals surface area (Å²) in [6, 6.07) is 18.2. The maximum atomic E-state index is 12.8. The topological polar surface area (TPSA) is 43.4 Å². The molecule has 0 atom stereocenters. The lowest BCUT2D eigenvalue weighted by molar-refractivity contribution is 0.0734. The highest BCUT2D eigenvalue weighted by molar-refractivity contribution is 6.24. The number of ketones is 1. The zero-order valence-electron chi connectivity index (χ0n) is 14.0. The van der Waals surface area contributed by atoms with Crippen LogP contribution in [0.5, 0.6) is 5.75 Å². The van der Waals surface area contributed by atoms with Crippen LogP contribution >= 0.6 is 0 Å². The fourth-order valence-electron chi connectivity index (χ4n) is 3.31. The Hall–Kier alpha value is -3.20. The van der Waals surface area contributed by atoms with Crippen molar-refractivity contribution in [2.75, 3.05) is 0 Å². The summed E-state index contributed by atoms with van der Waals surface area (Å²) in [5, 5.41) is 0. The number of benzene rings is 3. The van der Waals surface area contributed by atoms with E-state index in [1.807, 2.05) is 44.2 Å². The van der Waals surface area contributed by atoms with Crippen molar-refractivity contribution in [3.8, 4) is 16.9 Å². The highest BCUT2D eigenvalue weighted by Crippen LogP contribution is 2.39. The predicted molar refractivity (Wildman–Crippen MR) is 96.2 cm³/mol. The van der Waals surface area contributed by atoms with Crippen LogP contribution < -0.4 is 4.74 Å². The molecule has 3 nitrogen and oxygen atoms in total. The van der Waals surface area contributed by atoms with E-state index in [0.29, 0.717) is 28.0 Å². The van der Waals surface area contributed by atoms with Gasteiger partial charge in [0.25, 0.3) is 0 Å². The van der Waals surface area contributed by atoms with Gasteiger partial charge in [-0.15, -0.1) is 0 Å². The first kappa shape index (κ1) is 15.3. The number of aryl methyl sites for hydroxylation is 2.